The fourth-order valence-electron chi connectivity index (χ4n) is 2.60. The summed E-state index contributed by atoms with van der Waals surface area (Å²) in [5, 5.41) is 16.9. The van der Waals surface area contributed by atoms with Gasteiger partial charge in [0.1, 0.15) is 5.75 Å². The summed E-state index contributed by atoms with van der Waals surface area (Å²) in [4.78, 5) is 24.5. The number of hydrazone groups is 1. The lowest BCUT2D eigenvalue weighted by molar-refractivity contribution is 0.0954. The highest BCUT2D eigenvalue weighted by atomic mass is 35.5. The van der Waals surface area contributed by atoms with Crippen LogP contribution in [-0.4, -0.2) is 23.1 Å². The smallest absolute Gasteiger partial charge is 0.271 e. The van der Waals surface area contributed by atoms with Gasteiger partial charge in [-0.05, 0) is 55.5 Å². The van der Waals surface area contributed by atoms with Crippen LogP contribution in [0.4, 0.5) is 5.69 Å². The first-order valence-corrected chi connectivity index (χ1v) is 9.58. The standard InChI is InChI=1S/C22H17Cl2N3O3/c1-13-3-2-4-15(9-13)21(29)26-18-7-5-14(6-8-18)22(30)27-25-12-16-10-17(23)11-19(24)20(16)28/h2-12,28H,1H3,(H,26,29)(H,27,30)/b25-12+. The molecule has 3 rings (SSSR count). The fourth-order valence-corrected chi connectivity index (χ4v) is 3.11. The van der Waals surface area contributed by atoms with Crippen molar-refractivity contribution in [1.82, 2.24) is 5.43 Å². The molecule has 0 bridgehead atoms. The third-order valence-corrected chi connectivity index (χ3v) is 4.62. The van der Waals surface area contributed by atoms with Crippen LogP contribution in [0.5, 0.6) is 5.75 Å². The van der Waals surface area contributed by atoms with Crippen LogP contribution in [0.2, 0.25) is 10.0 Å². The van der Waals surface area contributed by atoms with Gasteiger partial charge in [-0.15, -0.1) is 0 Å². The van der Waals surface area contributed by atoms with E-state index in [4.69, 9.17) is 23.2 Å². The second-order valence-corrected chi connectivity index (χ2v) is 7.27. The van der Waals surface area contributed by atoms with E-state index in [2.05, 4.69) is 15.8 Å². The molecule has 0 radical (unpaired) electrons. The highest BCUT2D eigenvalue weighted by Gasteiger charge is 2.09. The molecule has 0 saturated heterocycles. The Hall–Kier alpha value is -3.35. The van der Waals surface area contributed by atoms with Gasteiger partial charge in [0.15, 0.2) is 0 Å². The molecule has 0 unspecified atom stereocenters. The van der Waals surface area contributed by atoms with Gasteiger partial charge in [-0.25, -0.2) is 5.43 Å². The molecule has 0 fully saturated rings. The number of halogens is 2. The van der Waals surface area contributed by atoms with Gasteiger partial charge in [0.05, 0.1) is 11.2 Å². The molecule has 6 nitrogen and oxygen atoms in total. The van der Waals surface area contributed by atoms with E-state index < -0.39 is 5.91 Å². The summed E-state index contributed by atoms with van der Waals surface area (Å²) in [5.74, 6) is -0.885. The Morgan fingerprint density at radius 3 is 2.40 bits per heavy atom. The van der Waals surface area contributed by atoms with Crippen LogP contribution in [0.25, 0.3) is 0 Å². The van der Waals surface area contributed by atoms with Crippen LogP contribution < -0.4 is 10.7 Å². The number of carbonyl (C=O) groups excluding carboxylic acids is 2. The molecule has 3 aromatic carbocycles. The average Bonchev–Trinajstić information content (AvgIpc) is 2.72. The molecular weight excluding hydrogens is 425 g/mol. The number of carbonyl (C=O) groups is 2. The van der Waals surface area contributed by atoms with Crippen molar-refractivity contribution in [3.63, 3.8) is 0 Å². The number of aryl methyl sites for hydroxylation is 1. The molecule has 2 amide bonds. The van der Waals surface area contributed by atoms with Gasteiger partial charge < -0.3 is 10.4 Å². The molecule has 0 aliphatic rings. The molecule has 0 aliphatic heterocycles. The SMILES string of the molecule is Cc1cccc(C(=O)Nc2ccc(C(=O)N/N=C/c3cc(Cl)cc(Cl)c3O)cc2)c1. The Morgan fingerprint density at radius 2 is 1.70 bits per heavy atom. The monoisotopic (exact) mass is 441 g/mol. The first-order valence-electron chi connectivity index (χ1n) is 8.83. The molecule has 0 heterocycles. The molecule has 0 aliphatic carbocycles. The van der Waals surface area contributed by atoms with E-state index >= 15 is 0 Å². The van der Waals surface area contributed by atoms with Crippen molar-refractivity contribution in [2.24, 2.45) is 5.10 Å². The number of hydrogen-bond acceptors (Lipinski definition) is 4. The van der Waals surface area contributed by atoms with E-state index in [-0.39, 0.29) is 22.2 Å². The molecule has 0 saturated carbocycles. The molecule has 8 heteroatoms. The van der Waals surface area contributed by atoms with Gasteiger partial charge >= 0.3 is 0 Å². The highest BCUT2D eigenvalue weighted by molar-refractivity contribution is 6.36. The van der Waals surface area contributed by atoms with Crippen LogP contribution >= 0.6 is 23.2 Å². The zero-order valence-corrected chi connectivity index (χ0v) is 17.3. The highest BCUT2D eigenvalue weighted by Crippen LogP contribution is 2.29. The Kier molecular flexibility index (Phi) is 6.72. The first-order chi connectivity index (χ1) is 14.3. The van der Waals surface area contributed by atoms with Crippen molar-refractivity contribution >= 4 is 46.9 Å². The first kappa shape index (κ1) is 21.4. The number of phenolic OH excluding ortho intramolecular Hbond substituents is 1. The second kappa shape index (κ2) is 9.43. The number of amides is 2. The average molecular weight is 442 g/mol. The van der Waals surface area contributed by atoms with Gasteiger partial charge in [-0.2, -0.15) is 5.10 Å². The van der Waals surface area contributed by atoms with Crippen LogP contribution in [0.1, 0.15) is 31.8 Å². The van der Waals surface area contributed by atoms with Crippen molar-refractivity contribution in [2.45, 2.75) is 6.92 Å². The molecule has 3 aromatic rings. The van der Waals surface area contributed by atoms with Crippen LogP contribution in [-0.2, 0) is 0 Å². The molecule has 0 atom stereocenters. The van der Waals surface area contributed by atoms with Crippen molar-refractivity contribution in [3.8, 4) is 5.75 Å². The van der Waals surface area contributed by atoms with E-state index in [1.165, 1.54) is 18.3 Å². The fraction of sp³-hybridized carbons (Fsp3) is 0.0455. The van der Waals surface area contributed by atoms with Gasteiger partial charge in [-0.1, -0.05) is 40.9 Å². The quantitative estimate of drug-likeness (QED) is 0.383. The van der Waals surface area contributed by atoms with Gasteiger partial charge in [0.25, 0.3) is 11.8 Å². The van der Waals surface area contributed by atoms with Gasteiger partial charge in [0.2, 0.25) is 0 Å². The number of nitrogens with zero attached hydrogens (tertiary/aromatic N) is 1. The summed E-state index contributed by atoms with van der Waals surface area (Å²) in [6.45, 7) is 1.91. The largest absolute Gasteiger partial charge is 0.506 e. The zero-order chi connectivity index (χ0) is 21.7. The summed E-state index contributed by atoms with van der Waals surface area (Å²) in [7, 11) is 0. The maximum atomic E-state index is 12.3. The lowest BCUT2D eigenvalue weighted by Crippen LogP contribution is -2.18. The molecular formula is C22H17Cl2N3O3. The van der Waals surface area contributed by atoms with E-state index in [1.807, 2.05) is 19.1 Å². The minimum absolute atomic E-state index is 0.0820. The predicted octanol–water partition coefficient (Wildman–Crippen LogP) is 5.02. The normalized spacial score (nSPS) is 10.8. The topological polar surface area (TPSA) is 90.8 Å². The summed E-state index contributed by atoms with van der Waals surface area (Å²) in [6, 6.07) is 16.5. The Balaban J connectivity index is 1.62. The summed E-state index contributed by atoms with van der Waals surface area (Å²) >= 11 is 11.7. The van der Waals surface area contributed by atoms with E-state index in [9.17, 15) is 14.7 Å². The van der Waals surface area contributed by atoms with Gasteiger partial charge in [-0.3, -0.25) is 9.59 Å². The third kappa shape index (κ3) is 5.37. The molecule has 3 N–H and O–H groups in total. The maximum Gasteiger partial charge on any atom is 0.271 e. The number of aromatic hydroxyl groups is 1. The summed E-state index contributed by atoms with van der Waals surface area (Å²) < 4.78 is 0. The van der Waals surface area contributed by atoms with Crippen LogP contribution in [0.3, 0.4) is 0 Å². The minimum atomic E-state index is -0.463. The lowest BCUT2D eigenvalue weighted by atomic mass is 10.1. The van der Waals surface area contributed by atoms with Gasteiger partial charge in [0, 0.05) is 27.4 Å². The second-order valence-electron chi connectivity index (χ2n) is 6.43. The molecule has 0 spiro atoms. The Bertz CT molecular complexity index is 1130. The van der Waals surface area contributed by atoms with Crippen molar-refractivity contribution in [1.29, 1.82) is 0 Å². The number of rotatable bonds is 5. The number of anilines is 1. The molecule has 30 heavy (non-hydrogen) atoms. The van der Waals surface area contributed by atoms with Crippen molar-refractivity contribution in [3.05, 3.63) is 93.0 Å². The Labute approximate surface area is 183 Å². The van der Waals surface area contributed by atoms with E-state index in [0.717, 1.165) is 5.56 Å². The van der Waals surface area contributed by atoms with E-state index in [1.54, 1.807) is 36.4 Å². The van der Waals surface area contributed by atoms with Crippen LogP contribution in [0, 0.1) is 6.92 Å². The number of hydrogen-bond donors (Lipinski definition) is 3. The van der Waals surface area contributed by atoms with Crippen LogP contribution in [0.15, 0.2) is 65.8 Å². The van der Waals surface area contributed by atoms with E-state index in [0.29, 0.717) is 21.8 Å². The van der Waals surface area contributed by atoms with Crippen molar-refractivity contribution < 1.29 is 14.7 Å². The number of benzene rings is 3. The number of nitrogens with one attached hydrogen (secondary N) is 2. The summed E-state index contributed by atoms with van der Waals surface area (Å²) in [5.41, 5.74) is 5.06. The minimum Gasteiger partial charge on any atom is -0.506 e. The molecule has 152 valence electrons. The molecule has 0 aromatic heterocycles. The number of phenols is 1. The zero-order valence-electron chi connectivity index (χ0n) is 15.8. The maximum absolute atomic E-state index is 12.3. The predicted molar refractivity (Wildman–Crippen MR) is 119 cm³/mol. The Morgan fingerprint density at radius 1 is 0.967 bits per heavy atom. The summed E-state index contributed by atoms with van der Waals surface area (Å²) in [6.07, 6.45) is 1.24. The third-order valence-electron chi connectivity index (χ3n) is 4.11. The lowest BCUT2D eigenvalue weighted by Gasteiger charge is -2.07. The van der Waals surface area contributed by atoms with Crippen molar-refractivity contribution in [2.75, 3.05) is 5.32 Å².